The molecule has 0 spiro atoms. The van der Waals surface area contributed by atoms with Crippen LogP contribution in [0.25, 0.3) is 0 Å². The van der Waals surface area contributed by atoms with E-state index in [1.54, 1.807) is 4.90 Å². The number of fused-ring (bicyclic) bond motifs is 1. The van der Waals surface area contributed by atoms with Gasteiger partial charge in [-0.3, -0.25) is 0 Å². The first kappa shape index (κ1) is 12.7. The van der Waals surface area contributed by atoms with Crippen LogP contribution < -0.4 is 10.1 Å². The fraction of sp³-hybridized carbons (Fsp3) is 0.500. The molecular formula is C14H20N2O2. The zero-order valence-electron chi connectivity index (χ0n) is 11.0. The molecule has 1 atom stereocenters. The molecule has 0 radical (unpaired) electrons. The maximum Gasteiger partial charge on any atom is 0.317 e. The summed E-state index contributed by atoms with van der Waals surface area (Å²) in [6, 6.07) is 8.02. The van der Waals surface area contributed by atoms with Gasteiger partial charge in [-0.15, -0.1) is 0 Å². The number of hydrogen-bond acceptors (Lipinski definition) is 2. The van der Waals surface area contributed by atoms with Crippen molar-refractivity contribution in [2.75, 3.05) is 20.2 Å². The van der Waals surface area contributed by atoms with Gasteiger partial charge in [0, 0.05) is 25.6 Å². The van der Waals surface area contributed by atoms with Gasteiger partial charge in [0.05, 0.1) is 12.6 Å². The third kappa shape index (κ3) is 2.58. The first-order valence-corrected chi connectivity index (χ1v) is 6.46. The third-order valence-corrected chi connectivity index (χ3v) is 3.24. The molecule has 0 aromatic heterocycles. The van der Waals surface area contributed by atoms with Crippen molar-refractivity contribution in [3.05, 3.63) is 29.8 Å². The molecule has 0 fully saturated rings. The normalized spacial score (nSPS) is 17.6. The topological polar surface area (TPSA) is 41.6 Å². The fourth-order valence-corrected chi connectivity index (χ4v) is 2.22. The highest BCUT2D eigenvalue weighted by Crippen LogP contribution is 2.34. The van der Waals surface area contributed by atoms with Gasteiger partial charge in [0.2, 0.25) is 0 Å². The van der Waals surface area contributed by atoms with Crippen molar-refractivity contribution in [1.29, 1.82) is 0 Å². The Morgan fingerprint density at radius 2 is 2.28 bits per heavy atom. The van der Waals surface area contributed by atoms with E-state index < -0.39 is 0 Å². The molecular weight excluding hydrogens is 228 g/mol. The van der Waals surface area contributed by atoms with Gasteiger partial charge >= 0.3 is 6.03 Å². The van der Waals surface area contributed by atoms with Gasteiger partial charge in [-0.05, 0) is 12.5 Å². The van der Waals surface area contributed by atoms with Crippen molar-refractivity contribution in [3.63, 3.8) is 0 Å². The Bertz CT molecular complexity index is 420. The molecule has 98 valence electrons. The van der Waals surface area contributed by atoms with E-state index in [2.05, 4.69) is 5.32 Å². The first-order valence-electron chi connectivity index (χ1n) is 6.46. The molecule has 2 rings (SSSR count). The van der Waals surface area contributed by atoms with Crippen molar-refractivity contribution in [3.8, 4) is 5.75 Å². The van der Waals surface area contributed by atoms with Crippen molar-refractivity contribution in [2.45, 2.75) is 25.8 Å². The van der Waals surface area contributed by atoms with Gasteiger partial charge in [-0.25, -0.2) is 4.79 Å². The molecule has 1 N–H and O–H groups in total. The molecule has 1 aromatic rings. The lowest BCUT2D eigenvalue weighted by Gasteiger charge is -2.33. The summed E-state index contributed by atoms with van der Waals surface area (Å²) in [5.74, 6) is 0.892. The fourth-order valence-electron chi connectivity index (χ4n) is 2.22. The molecule has 0 bridgehead atoms. The highest BCUT2D eigenvalue weighted by Gasteiger charge is 2.27. The van der Waals surface area contributed by atoms with Crippen molar-refractivity contribution in [1.82, 2.24) is 10.2 Å². The Hall–Kier alpha value is -1.71. The highest BCUT2D eigenvalue weighted by atomic mass is 16.5. The smallest absolute Gasteiger partial charge is 0.317 e. The van der Waals surface area contributed by atoms with E-state index in [0.717, 1.165) is 24.2 Å². The Morgan fingerprint density at radius 1 is 1.50 bits per heavy atom. The molecule has 2 amide bonds. The van der Waals surface area contributed by atoms with Crippen LogP contribution in [0.5, 0.6) is 5.75 Å². The van der Waals surface area contributed by atoms with E-state index in [1.165, 1.54) is 0 Å². The summed E-state index contributed by atoms with van der Waals surface area (Å²) in [4.78, 5) is 13.8. The molecule has 18 heavy (non-hydrogen) atoms. The molecule has 1 aliphatic rings. The second-order valence-electron chi connectivity index (χ2n) is 4.53. The lowest BCUT2D eigenvalue weighted by atomic mass is 10.00. The number of benzene rings is 1. The minimum Gasteiger partial charge on any atom is -0.493 e. The van der Waals surface area contributed by atoms with Gasteiger partial charge in [0.1, 0.15) is 5.75 Å². The SMILES string of the molecule is CCCNC(=O)N(C)C1CCOc2ccccc21. The number of amides is 2. The third-order valence-electron chi connectivity index (χ3n) is 3.24. The Kier molecular flexibility index (Phi) is 4.07. The molecule has 1 aliphatic heterocycles. The molecule has 0 saturated carbocycles. The molecule has 4 nitrogen and oxygen atoms in total. The molecule has 1 unspecified atom stereocenters. The van der Waals surface area contributed by atoms with Crippen molar-refractivity contribution < 1.29 is 9.53 Å². The summed E-state index contributed by atoms with van der Waals surface area (Å²) in [7, 11) is 1.84. The number of rotatable bonds is 3. The Labute approximate surface area is 108 Å². The molecule has 1 aromatic carbocycles. The van der Waals surface area contributed by atoms with Crippen LogP contribution in [0.15, 0.2) is 24.3 Å². The lowest BCUT2D eigenvalue weighted by Crippen LogP contribution is -2.41. The molecule has 1 heterocycles. The van der Waals surface area contributed by atoms with Crippen molar-refractivity contribution in [2.24, 2.45) is 0 Å². The second-order valence-corrected chi connectivity index (χ2v) is 4.53. The zero-order valence-corrected chi connectivity index (χ0v) is 11.0. The van der Waals surface area contributed by atoms with Gasteiger partial charge in [-0.1, -0.05) is 25.1 Å². The van der Waals surface area contributed by atoms with Crippen LogP contribution in [0, 0.1) is 0 Å². The number of urea groups is 1. The van der Waals surface area contributed by atoms with Gasteiger partial charge in [0.15, 0.2) is 0 Å². The number of nitrogens with one attached hydrogen (secondary N) is 1. The van der Waals surface area contributed by atoms with Crippen LogP contribution in [0.2, 0.25) is 0 Å². The number of para-hydroxylation sites is 1. The summed E-state index contributed by atoms with van der Waals surface area (Å²) in [6.45, 7) is 3.42. The largest absolute Gasteiger partial charge is 0.493 e. The van der Waals surface area contributed by atoms with Crippen LogP contribution in [-0.2, 0) is 0 Å². The maximum absolute atomic E-state index is 12.0. The number of carbonyl (C=O) groups is 1. The van der Waals surface area contributed by atoms with E-state index in [0.29, 0.717) is 13.2 Å². The summed E-state index contributed by atoms with van der Waals surface area (Å²) < 4.78 is 5.61. The average Bonchev–Trinajstić information content (AvgIpc) is 2.43. The minimum absolute atomic E-state index is 0.0152. The summed E-state index contributed by atoms with van der Waals surface area (Å²) in [6.07, 6.45) is 1.79. The highest BCUT2D eigenvalue weighted by molar-refractivity contribution is 5.74. The Balaban J connectivity index is 2.12. The van der Waals surface area contributed by atoms with E-state index in [4.69, 9.17) is 4.74 Å². The standard InChI is InChI=1S/C14H20N2O2/c1-3-9-15-14(17)16(2)12-8-10-18-13-7-5-4-6-11(12)13/h4-7,12H,3,8-10H2,1-2H3,(H,15,17). The van der Waals surface area contributed by atoms with Gasteiger partial charge in [-0.2, -0.15) is 0 Å². The van der Waals surface area contributed by atoms with E-state index in [1.807, 2.05) is 38.2 Å². The monoisotopic (exact) mass is 248 g/mol. The van der Waals surface area contributed by atoms with Crippen LogP contribution in [0.1, 0.15) is 31.4 Å². The number of hydrogen-bond donors (Lipinski definition) is 1. The summed E-state index contributed by atoms with van der Waals surface area (Å²) >= 11 is 0. The predicted molar refractivity (Wildman–Crippen MR) is 70.7 cm³/mol. The minimum atomic E-state index is -0.0152. The average molecular weight is 248 g/mol. The summed E-state index contributed by atoms with van der Waals surface area (Å²) in [5, 5.41) is 2.91. The predicted octanol–water partition coefficient (Wildman–Crippen LogP) is 2.56. The van der Waals surface area contributed by atoms with Gasteiger partial charge in [0.25, 0.3) is 0 Å². The van der Waals surface area contributed by atoms with E-state index in [9.17, 15) is 4.79 Å². The van der Waals surface area contributed by atoms with Crippen LogP contribution in [0.3, 0.4) is 0 Å². The molecule has 4 heteroatoms. The molecule has 0 aliphatic carbocycles. The van der Waals surface area contributed by atoms with E-state index in [-0.39, 0.29) is 12.1 Å². The van der Waals surface area contributed by atoms with E-state index >= 15 is 0 Å². The van der Waals surface area contributed by atoms with Crippen LogP contribution in [-0.4, -0.2) is 31.1 Å². The number of ether oxygens (including phenoxy) is 1. The summed E-state index contributed by atoms with van der Waals surface area (Å²) in [5.41, 5.74) is 1.10. The van der Waals surface area contributed by atoms with Crippen molar-refractivity contribution >= 4 is 6.03 Å². The van der Waals surface area contributed by atoms with Crippen LogP contribution in [0.4, 0.5) is 4.79 Å². The lowest BCUT2D eigenvalue weighted by molar-refractivity contribution is 0.162. The number of nitrogens with zero attached hydrogens (tertiary/aromatic N) is 1. The quantitative estimate of drug-likeness (QED) is 0.893. The zero-order chi connectivity index (χ0) is 13.0. The first-order chi connectivity index (χ1) is 8.74. The van der Waals surface area contributed by atoms with Crippen LogP contribution >= 0.6 is 0 Å². The second kappa shape index (κ2) is 5.76. The van der Waals surface area contributed by atoms with Gasteiger partial charge < -0.3 is 15.0 Å². The number of carbonyl (C=O) groups excluding carboxylic acids is 1. The Morgan fingerprint density at radius 3 is 3.06 bits per heavy atom. The molecule has 0 saturated heterocycles. The maximum atomic E-state index is 12.0.